The van der Waals surface area contributed by atoms with Crippen molar-refractivity contribution in [3.8, 4) is 0 Å². The van der Waals surface area contributed by atoms with Crippen molar-refractivity contribution in [1.29, 1.82) is 0 Å². The van der Waals surface area contributed by atoms with Gasteiger partial charge in [0.05, 0.1) is 16.3 Å². The van der Waals surface area contributed by atoms with Crippen LogP contribution in [0.15, 0.2) is 58.5 Å². The van der Waals surface area contributed by atoms with E-state index in [1.807, 2.05) is 37.3 Å². The molecular formula is C20H26N4O4S. The number of nitrogens with one attached hydrogen (secondary N) is 1. The highest BCUT2D eigenvalue weighted by molar-refractivity contribution is 7.89. The molecule has 0 aliphatic heterocycles. The van der Waals surface area contributed by atoms with Gasteiger partial charge in [0.2, 0.25) is 10.0 Å². The number of anilines is 1. The number of rotatable bonds is 10. The fourth-order valence-electron chi connectivity index (χ4n) is 2.89. The standard InChI is InChI=1S/C20H26N4O4S/c1-4-10-18(16-11-8-7-9-12-16)21-22-19-14-13-17(24(25)26)15-20(19)29(27,28)23(5-2)6-3/h7-9,11-15,22H,4-6,10H2,1-3H3/b21-18+. The number of nitro groups is 1. The van der Waals surface area contributed by atoms with E-state index in [0.717, 1.165) is 23.8 Å². The molecule has 0 saturated heterocycles. The van der Waals surface area contributed by atoms with Crippen LogP contribution in [-0.4, -0.2) is 36.4 Å². The van der Waals surface area contributed by atoms with Crippen LogP contribution in [0.4, 0.5) is 11.4 Å². The van der Waals surface area contributed by atoms with Crippen molar-refractivity contribution in [1.82, 2.24) is 4.31 Å². The first-order valence-electron chi connectivity index (χ1n) is 9.51. The number of sulfonamides is 1. The number of nitrogens with zero attached hydrogens (tertiary/aromatic N) is 3. The number of hydrogen-bond donors (Lipinski definition) is 1. The summed E-state index contributed by atoms with van der Waals surface area (Å²) in [5.41, 5.74) is 4.45. The van der Waals surface area contributed by atoms with Crippen LogP contribution in [0.1, 0.15) is 39.2 Å². The van der Waals surface area contributed by atoms with Gasteiger partial charge >= 0.3 is 0 Å². The topological polar surface area (TPSA) is 105 Å². The molecule has 8 nitrogen and oxygen atoms in total. The lowest BCUT2D eigenvalue weighted by Crippen LogP contribution is -2.31. The number of nitro benzene ring substituents is 1. The Morgan fingerprint density at radius 3 is 2.31 bits per heavy atom. The van der Waals surface area contributed by atoms with Crippen molar-refractivity contribution in [2.75, 3.05) is 18.5 Å². The second-order valence-electron chi connectivity index (χ2n) is 6.31. The Kier molecular flexibility index (Phi) is 7.86. The van der Waals surface area contributed by atoms with Gasteiger partial charge in [0.15, 0.2) is 0 Å². The number of benzene rings is 2. The van der Waals surface area contributed by atoms with Gasteiger partial charge < -0.3 is 0 Å². The zero-order valence-corrected chi connectivity index (χ0v) is 17.6. The Labute approximate surface area is 171 Å². The number of hydrazone groups is 1. The molecular weight excluding hydrogens is 392 g/mol. The van der Waals surface area contributed by atoms with Gasteiger partial charge in [-0.25, -0.2) is 8.42 Å². The van der Waals surface area contributed by atoms with E-state index in [1.54, 1.807) is 13.8 Å². The van der Waals surface area contributed by atoms with E-state index in [2.05, 4.69) is 10.5 Å². The molecule has 0 aliphatic carbocycles. The van der Waals surface area contributed by atoms with Crippen LogP contribution in [0.5, 0.6) is 0 Å². The largest absolute Gasteiger partial charge is 0.277 e. The van der Waals surface area contributed by atoms with Crippen molar-refractivity contribution >= 4 is 27.1 Å². The second kappa shape index (κ2) is 10.1. The zero-order chi connectivity index (χ0) is 21.4. The van der Waals surface area contributed by atoms with Crippen LogP contribution in [0, 0.1) is 10.1 Å². The molecule has 0 bridgehead atoms. The van der Waals surface area contributed by atoms with E-state index in [4.69, 9.17) is 0 Å². The van der Waals surface area contributed by atoms with E-state index in [0.29, 0.717) is 6.42 Å². The Balaban J connectivity index is 2.53. The first-order chi connectivity index (χ1) is 13.8. The van der Waals surface area contributed by atoms with Crippen molar-refractivity contribution in [3.63, 3.8) is 0 Å². The molecule has 0 radical (unpaired) electrons. The van der Waals surface area contributed by atoms with Gasteiger partial charge in [0, 0.05) is 25.2 Å². The molecule has 2 rings (SSSR count). The summed E-state index contributed by atoms with van der Waals surface area (Å²) in [7, 11) is -3.92. The number of hydrogen-bond acceptors (Lipinski definition) is 6. The summed E-state index contributed by atoms with van der Waals surface area (Å²) in [4.78, 5) is 10.4. The summed E-state index contributed by atoms with van der Waals surface area (Å²) < 4.78 is 27.3. The minimum Gasteiger partial charge on any atom is -0.277 e. The highest BCUT2D eigenvalue weighted by Crippen LogP contribution is 2.29. The van der Waals surface area contributed by atoms with Crippen molar-refractivity contribution in [2.24, 2.45) is 5.10 Å². The molecule has 156 valence electrons. The molecule has 0 heterocycles. The highest BCUT2D eigenvalue weighted by Gasteiger charge is 2.27. The first kappa shape index (κ1) is 22.5. The molecule has 2 aromatic rings. The van der Waals surface area contributed by atoms with Gasteiger partial charge in [-0.2, -0.15) is 9.41 Å². The van der Waals surface area contributed by atoms with Gasteiger partial charge in [-0.3, -0.25) is 15.5 Å². The van der Waals surface area contributed by atoms with Crippen LogP contribution in [0.25, 0.3) is 0 Å². The van der Waals surface area contributed by atoms with Crippen LogP contribution in [0.2, 0.25) is 0 Å². The smallest absolute Gasteiger partial charge is 0.270 e. The fourth-order valence-corrected chi connectivity index (χ4v) is 4.51. The van der Waals surface area contributed by atoms with Gasteiger partial charge in [0.1, 0.15) is 4.90 Å². The maximum Gasteiger partial charge on any atom is 0.270 e. The first-order valence-corrected chi connectivity index (χ1v) is 11.0. The van der Waals surface area contributed by atoms with E-state index in [1.165, 1.54) is 16.4 Å². The Morgan fingerprint density at radius 2 is 1.76 bits per heavy atom. The predicted octanol–water partition coefficient (Wildman–Crippen LogP) is 4.24. The van der Waals surface area contributed by atoms with E-state index in [-0.39, 0.29) is 29.4 Å². The summed E-state index contributed by atoms with van der Waals surface area (Å²) in [6.07, 6.45) is 1.56. The van der Waals surface area contributed by atoms with Crippen LogP contribution < -0.4 is 5.43 Å². The summed E-state index contributed by atoms with van der Waals surface area (Å²) in [6.45, 7) is 5.99. The zero-order valence-electron chi connectivity index (χ0n) is 16.8. The van der Waals surface area contributed by atoms with Crippen LogP contribution in [-0.2, 0) is 10.0 Å². The molecule has 0 aromatic heterocycles. The number of non-ortho nitro benzene ring substituents is 1. The third-order valence-corrected chi connectivity index (χ3v) is 6.49. The van der Waals surface area contributed by atoms with Gasteiger partial charge in [-0.05, 0) is 18.1 Å². The average Bonchev–Trinajstić information content (AvgIpc) is 2.72. The van der Waals surface area contributed by atoms with Crippen molar-refractivity contribution in [2.45, 2.75) is 38.5 Å². The summed E-state index contributed by atoms with van der Waals surface area (Å²) in [5, 5.41) is 15.6. The molecule has 0 spiro atoms. The third kappa shape index (κ3) is 5.39. The van der Waals surface area contributed by atoms with Crippen LogP contribution >= 0.6 is 0 Å². The molecule has 9 heteroatoms. The molecule has 0 atom stereocenters. The molecule has 0 fully saturated rings. The molecule has 2 aromatic carbocycles. The van der Waals surface area contributed by atoms with E-state index < -0.39 is 14.9 Å². The van der Waals surface area contributed by atoms with Crippen LogP contribution in [0.3, 0.4) is 0 Å². The molecule has 0 saturated carbocycles. The maximum atomic E-state index is 13.0. The van der Waals surface area contributed by atoms with E-state index in [9.17, 15) is 18.5 Å². The minimum absolute atomic E-state index is 0.164. The Morgan fingerprint density at radius 1 is 1.10 bits per heavy atom. The highest BCUT2D eigenvalue weighted by atomic mass is 32.2. The lowest BCUT2D eigenvalue weighted by atomic mass is 10.1. The van der Waals surface area contributed by atoms with Gasteiger partial charge in [-0.1, -0.05) is 57.5 Å². The third-order valence-electron chi connectivity index (χ3n) is 4.40. The predicted molar refractivity (Wildman–Crippen MR) is 115 cm³/mol. The molecule has 1 N–H and O–H groups in total. The molecule has 29 heavy (non-hydrogen) atoms. The summed E-state index contributed by atoms with van der Waals surface area (Å²) in [6, 6.07) is 13.3. The molecule has 0 aliphatic rings. The average molecular weight is 419 g/mol. The second-order valence-corrected chi connectivity index (χ2v) is 8.22. The quantitative estimate of drug-likeness (QED) is 0.353. The molecule has 0 unspecified atom stereocenters. The fraction of sp³-hybridized carbons (Fsp3) is 0.350. The Bertz CT molecular complexity index is 971. The van der Waals surface area contributed by atoms with Gasteiger partial charge in [-0.15, -0.1) is 0 Å². The lowest BCUT2D eigenvalue weighted by Gasteiger charge is -2.20. The lowest BCUT2D eigenvalue weighted by molar-refractivity contribution is -0.385. The molecule has 0 amide bonds. The van der Waals surface area contributed by atoms with Crippen molar-refractivity contribution in [3.05, 3.63) is 64.2 Å². The summed E-state index contributed by atoms with van der Waals surface area (Å²) >= 11 is 0. The monoisotopic (exact) mass is 418 g/mol. The summed E-state index contributed by atoms with van der Waals surface area (Å²) in [5.74, 6) is 0. The minimum atomic E-state index is -3.92. The van der Waals surface area contributed by atoms with Crippen molar-refractivity contribution < 1.29 is 13.3 Å². The van der Waals surface area contributed by atoms with E-state index >= 15 is 0 Å². The maximum absolute atomic E-state index is 13.0. The Hall–Kier alpha value is -2.78. The SMILES string of the molecule is CCC/C(=N\Nc1ccc([N+](=O)[O-])cc1S(=O)(=O)N(CC)CC)c1ccccc1. The normalized spacial score (nSPS) is 12.2. The van der Waals surface area contributed by atoms with Gasteiger partial charge in [0.25, 0.3) is 5.69 Å².